The normalized spacial score (nSPS) is 16.2. The van der Waals surface area contributed by atoms with Crippen molar-refractivity contribution in [2.75, 3.05) is 17.3 Å². The van der Waals surface area contributed by atoms with E-state index in [2.05, 4.69) is 20.6 Å². The van der Waals surface area contributed by atoms with Gasteiger partial charge in [0.05, 0.1) is 21.8 Å². The molecule has 1 aliphatic carbocycles. The number of rotatable bonds is 8. The number of hydrogen-bond acceptors (Lipinski definition) is 7. The fourth-order valence-electron chi connectivity index (χ4n) is 4.51. The van der Waals surface area contributed by atoms with Gasteiger partial charge in [-0.1, -0.05) is 48.0 Å². The summed E-state index contributed by atoms with van der Waals surface area (Å²) in [6.07, 6.45) is -2.71. The lowest BCUT2D eigenvalue weighted by Gasteiger charge is -2.41. The van der Waals surface area contributed by atoms with Crippen LogP contribution in [0.2, 0.25) is 5.02 Å². The molecular formula is C29H24ClF4N5O3S. The van der Waals surface area contributed by atoms with Crippen molar-refractivity contribution in [1.29, 1.82) is 0 Å². The number of nitrogens with one attached hydrogen (secondary N) is 2. The molecule has 0 bridgehead atoms. The molecule has 0 spiro atoms. The number of pyridine rings is 1. The molecule has 1 aliphatic rings. The van der Waals surface area contributed by atoms with Gasteiger partial charge in [0.15, 0.2) is 5.13 Å². The summed E-state index contributed by atoms with van der Waals surface area (Å²) >= 11 is 7.38. The molecule has 4 aromatic rings. The molecule has 1 saturated carbocycles. The number of carbonyl (C=O) groups is 2. The number of alkyl halides is 3. The fourth-order valence-corrected chi connectivity index (χ4v) is 5.52. The highest BCUT2D eigenvalue weighted by atomic mass is 35.5. The van der Waals surface area contributed by atoms with Gasteiger partial charge in [-0.2, -0.15) is 13.2 Å². The summed E-state index contributed by atoms with van der Waals surface area (Å²) in [5, 5.41) is 7.01. The number of amides is 2. The number of anilines is 2. The number of carbonyl (C=O) groups excluding carboxylic acids is 2. The SMILES string of the molecule is CN(c1ncc(C(=O)Nc2nc(-c3cccc(C(F)(F)F)c3F)cs2)cc1Cl)C1CC(NC(=O)OCc2ccccc2)C1. The van der Waals surface area contributed by atoms with Crippen LogP contribution in [0.1, 0.15) is 34.3 Å². The van der Waals surface area contributed by atoms with Gasteiger partial charge in [-0.05, 0) is 36.6 Å². The van der Waals surface area contributed by atoms with E-state index in [4.69, 9.17) is 16.3 Å². The van der Waals surface area contributed by atoms with Crippen molar-refractivity contribution in [3.8, 4) is 11.3 Å². The molecule has 2 heterocycles. The van der Waals surface area contributed by atoms with Crippen LogP contribution >= 0.6 is 22.9 Å². The van der Waals surface area contributed by atoms with Gasteiger partial charge in [-0.15, -0.1) is 11.3 Å². The maximum atomic E-state index is 14.5. The zero-order chi connectivity index (χ0) is 30.7. The Morgan fingerprint density at radius 2 is 1.88 bits per heavy atom. The zero-order valence-corrected chi connectivity index (χ0v) is 24.1. The summed E-state index contributed by atoms with van der Waals surface area (Å²) in [6, 6.07) is 13.7. The third-order valence-electron chi connectivity index (χ3n) is 6.92. The van der Waals surface area contributed by atoms with E-state index in [1.165, 1.54) is 23.7 Å². The third-order valence-corrected chi connectivity index (χ3v) is 7.95. The van der Waals surface area contributed by atoms with E-state index in [1.807, 2.05) is 42.3 Å². The number of alkyl carbamates (subject to hydrolysis) is 1. The average Bonchev–Trinajstić information content (AvgIpc) is 3.41. The van der Waals surface area contributed by atoms with Gasteiger partial charge < -0.3 is 15.0 Å². The molecule has 224 valence electrons. The molecule has 2 aromatic carbocycles. The van der Waals surface area contributed by atoms with Gasteiger partial charge in [-0.3, -0.25) is 10.1 Å². The number of nitrogens with zero attached hydrogens (tertiary/aromatic N) is 3. The van der Waals surface area contributed by atoms with E-state index >= 15 is 0 Å². The molecule has 2 aromatic heterocycles. The largest absolute Gasteiger partial charge is 0.445 e. The van der Waals surface area contributed by atoms with Gasteiger partial charge in [0.2, 0.25) is 0 Å². The Balaban J connectivity index is 1.15. The minimum atomic E-state index is -4.85. The molecule has 2 N–H and O–H groups in total. The first-order valence-corrected chi connectivity index (χ1v) is 14.2. The van der Waals surface area contributed by atoms with Crippen molar-refractivity contribution in [3.63, 3.8) is 0 Å². The van der Waals surface area contributed by atoms with Gasteiger partial charge in [0.25, 0.3) is 5.91 Å². The van der Waals surface area contributed by atoms with Crippen LogP contribution in [-0.4, -0.2) is 41.1 Å². The summed E-state index contributed by atoms with van der Waals surface area (Å²) in [5.41, 5.74) is -0.762. The maximum Gasteiger partial charge on any atom is 0.419 e. The smallest absolute Gasteiger partial charge is 0.419 e. The first-order chi connectivity index (χ1) is 20.5. The number of halogens is 5. The second kappa shape index (κ2) is 12.6. The summed E-state index contributed by atoms with van der Waals surface area (Å²) in [6.45, 7) is 0.181. The van der Waals surface area contributed by atoms with Crippen LogP contribution < -0.4 is 15.5 Å². The van der Waals surface area contributed by atoms with Crippen LogP contribution in [0.15, 0.2) is 66.2 Å². The number of hydrogen-bond donors (Lipinski definition) is 2. The molecule has 0 saturated heterocycles. The Morgan fingerprint density at radius 1 is 1.14 bits per heavy atom. The molecule has 8 nitrogen and oxygen atoms in total. The van der Waals surface area contributed by atoms with Crippen molar-refractivity contribution in [2.45, 2.75) is 37.7 Å². The van der Waals surface area contributed by atoms with Crippen LogP contribution in [0.5, 0.6) is 0 Å². The third kappa shape index (κ3) is 7.05. The average molecular weight is 634 g/mol. The Hall–Kier alpha value is -4.23. The van der Waals surface area contributed by atoms with Crippen molar-refractivity contribution in [2.24, 2.45) is 0 Å². The molecule has 43 heavy (non-hydrogen) atoms. The van der Waals surface area contributed by atoms with Crippen molar-refractivity contribution < 1.29 is 31.9 Å². The van der Waals surface area contributed by atoms with Gasteiger partial charge in [0.1, 0.15) is 18.2 Å². The van der Waals surface area contributed by atoms with E-state index in [-0.39, 0.29) is 45.7 Å². The topological polar surface area (TPSA) is 96.5 Å². The van der Waals surface area contributed by atoms with Gasteiger partial charge in [0, 0.05) is 36.3 Å². The molecule has 5 rings (SSSR count). The Kier molecular flexibility index (Phi) is 8.83. The van der Waals surface area contributed by atoms with E-state index in [0.717, 1.165) is 23.0 Å². The van der Waals surface area contributed by atoms with Crippen molar-refractivity contribution >= 4 is 45.9 Å². The van der Waals surface area contributed by atoms with Crippen LogP contribution in [0.25, 0.3) is 11.3 Å². The molecule has 14 heteroatoms. The first-order valence-electron chi connectivity index (χ1n) is 13.0. The summed E-state index contributed by atoms with van der Waals surface area (Å²) in [5.74, 6) is -1.59. The Labute approximate surface area is 252 Å². The fraction of sp³-hybridized carbons (Fsp3) is 0.241. The van der Waals surface area contributed by atoms with Crippen LogP contribution in [0.4, 0.5) is 33.3 Å². The number of benzene rings is 2. The molecular weight excluding hydrogens is 610 g/mol. The van der Waals surface area contributed by atoms with Gasteiger partial charge >= 0.3 is 12.3 Å². The molecule has 0 aliphatic heterocycles. The Morgan fingerprint density at radius 3 is 2.58 bits per heavy atom. The molecule has 1 fully saturated rings. The zero-order valence-electron chi connectivity index (χ0n) is 22.5. The summed E-state index contributed by atoms with van der Waals surface area (Å²) in [7, 11) is 1.81. The highest BCUT2D eigenvalue weighted by Gasteiger charge is 2.36. The summed E-state index contributed by atoms with van der Waals surface area (Å²) in [4.78, 5) is 35.2. The van der Waals surface area contributed by atoms with Crippen LogP contribution in [-0.2, 0) is 17.5 Å². The quantitative estimate of drug-likeness (QED) is 0.200. The van der Waals surface area contributed by atoms with E-state index in [0.29, 0.717) is 24.7 Å². The maximum absolute atomic E-state index is 14.5. The lowest BCUT2D eigenvalue weighted by Crippen LogP contribution is -2.53. The molecule has 2 amide bonds. The predicted molar refractivity (Wildman–Crippen MR) is 155 cm³/mol. The minimum absolute atomic E-state index is 0.0465. The minimum Gasteiger partial charge on any atom is -0.445 e. The highest BCUT2D eigenvalue weighted by Crippen LogP contribution is 2.36. The van der Waals surface area contributed by atoms with E-state index < -0.39 is 29.6 Å². The van der Waals surface area contributed by atoms with Gasteiger partial charge in [-0.25, -0.2) is 19.2 Å². The van der Waals surface area contributed by atoms with Crippen molar-refractivity contribution in [3.05, 3.63) is 93.7 Å². The van der Waals surface area contributed by atoms with Crippen LogP contribution in [0.3, 0.4) is 0 Å². The number of ether oxygens (including phenoxy) is 1. The van der Waals surface area contributed by atoms with Crippen molar-refractivity contribution in [1.82, 2.24) is 15.3 Å². The summed E-state index contributed by atoms with van der Waals surface area (Å²) < 4.78 is 59.0. The predicted octanol–water partition coefficient (Wildman–Crippen LogP) is 7.16. The number of aromatic nitrogens is 2. The number of thiazole rings is 1. The van der Waals surface area contributed by atoms with E-state index in [1.54, 1.807) is 0 Å². The Bertz CT molecular complexity index is 1630. The lowest BCUT2D eigenvalue weighted by atomic mass is 9.86. The standard InChI is InChI=1S/C29H24ClF4N5O3S/c1-39(19-11-18(12-19)36-28(41)42-14-16-6-3-2-4-7-16)25-22(30)10-17(13-35-25)26(40)38-27-37-23(15-43-27)20-8-5-9-21(24(20)31)29(32,33)34/h2-10,13,15,18-19H,11-12,14H2,1H3,(H,36,41)(H,37,38,40). The molecule has 0 atom stereocenters. The second-order valence-corrected chi connectivity index (χ2v) is 11.1. The lowest BCUT2D eigenvalue weighted by molar-refractivity contribution is -0.139. The second-order valence-electron chi connectivity index (χ2n) is 9.83. The monoisotopic (exact) mass is 633 g/mol. The van der Waals surface area contributed by atoms with Crippen LogP contribution in [0, 0.1) is 5.82 Å². The molecule has 0 radical (unpaired) electrons. The first kappa shape index (κ1) is 30.2. The highest BCUT2D eigenvalue weighted by molar-refractivity contribution is 7.14. The molecule has 0 unspecified atom stereocenters. The van der Waals surface area contributed by atoms with E-state index in [9.17, 15) is 27.2 Å².